The lowest BCUT2D eigenvalue weighted by molar-refractivity contribution is 0.0911. The predicted molar refractivity (Wildman–Crippen MR) is 94.0 cm³/mol. The molecular formula is C19H34N2. The Balaban J connectivity index is 3.20. The van der Waals surface area contributed by atoms with Crippen LogP contribution < -0.4 is 5.32 Å². The predicted octanol–water partition coefficient (Wildman–Crippen LogP) is 4.46. The molecule has 1 aromatic rings. The fourth-order valence-corrected chi connectivity index (χ4v) is 3.46. The highest BCUT2D eigenvalue weighted by Gasteiger charge is 2.34. The topological polar surface area (TPSA) is 15.3 Å². The van der Waals surface area contributed by atoms with Crippen molar-refractivity contribution >= 4 is 0 Å². The van der Waals surface area contributed by atoms with Gasteiger partial charge in [-0.15, -0.1) is 0 Å². The maximum Gasteiger partial charge on any atom is 0.0501 e. The van der Waals surface area contributed by atoms with Crippen molar-refractivity contribution in [1.29, 1.82) is 0 Å². The van der Waals surface area contributed by atoms with Crippen molar-refractivity contribution < 1.29 is 0 Å². The Labute approximate surface area is 131 Å². The van der Waals surface area contributed by atoms with Crippen molar-refractivity contribution in [3.8, 4) is 0 Å². The van der Waals surface area contributed by atoms with Gasteiger partial charge in [0.25, 0.3) is 0 Å². The smallest absolute Gasteiger partial charge is 0.0501 e. The highest BCUT2D eigenvalue weighted by Crippen LogP contribution is 2.32. The first-order valence-corrected chi connectivity index (χ1v) is 8.43. The molecule has 1 rings (SSSR count). The molecule has 0 aliphatic heterocycles. The van der Waals surface area contributed by atoms with Gasteiger partial charge in [-0.25, -0.2) is 0 Å². The summed E-state index contributed by atoms with van der Waals surface area (Å²) in [6, 6.07) is 7.29. The molecule has 0 aliphatic carbocycles. The fourth-order valence-electron chi connectivity index (χ4n) is 3.46. The van der Waals surface area contributed by atoms with Gasteiger partial charge in [0.1, 0.15) is 0 Å². The van der Waals surface area contributed by atoms with Crippen LogP contribution >= 0.6 is 0 Å². The minimum atomic E-state index is 0.0961. The molecule has 0 aromatic heterocycles. The SMILES string of the molecule is CCCNC(c1cc(C)cc(C)c1)C(C)(C)N(CC)CC. The van der Waals surface area contributed by atoms with Crippen LogP contribution in [0.3, 0.4) is 0 Å². The molecule has 1 unspecified atom stereocenters. The molecule has 0 amide bonds. The van der Waals surface area contributed by atoms with Crippen molar-refractivity contribution in [2.24, 2.45) is 0 Å². The van der Waals surface area contributed by atoms with Crippen LogP contribution in [0.4, 0.5) is 0 Å². The number of aryl methyl sites for hydroxylation is 2. The lowest BCUT2D eigenvalue weighted by atomic mass is 9.85. The summed E-state index contributed by atoms with van der Waals surface area (Å²) in [6.07, 6.45) is 1.16. The summed E-state index contributed by atoms with van der Waals surface area (Å²) in [4.78, 5) is 2.55. The van der Waals surface area contributed by atoms with Crippen LogP contribution in [0.25, 0.3) is 0 Å². The van der Waals surface area contributed by atoms with Gasteiger partial charge in [0, 0.05) is 5.54 Å². The van der Waals surface area contributed by atoms with Crippen molar-refractivity contribution in [3.05, 3.63) is 34.9 Å². The molecule has 0 heterocycles. The van der Waals surface area contributed by atoms with Crippen LogP contribution in [0.2, 0.25) is 0 Å². The summed E-state index contributed by atoms with van der Waals surface area (Å²) in [7, 11) is 0. The molecule has 0 saturated heterocycles. The molecule has 120 valence electrons. The van der Waals surface area contributed by atoms with E-state index in [9.17, 15) is 0 Å². The van der Waals surface area contributed by atoms with Gasteiger partial charge in [0.15, 0.2) is 0 Å². The van der Waals surface area contributed by atoms with Crippen LogP contribution in [-0.4, -0.2) is 30.1 Å². The second-order valence-corrected chi connectivity index (χ2v) is 6.63. The number of nitrogens with zero attached hydrogens (tertiary/aromatic N) is 1. The van der Waals surface area contributed by atoms with Crippen molar-refractivity contribution in [1.82, 2.24) is 10.2 Å². The average Bonchev–Trinajstić information content (AvgIpc) is 2.38. The minimum Gasteiger partial charge on any atom is -0.308 e. The second-order valence-electron chi connectivity index (χ2n) is 6.63. The van der Waals surface area contributed by atoms with E-state index in [1.165, 1.54) is 16.7 Å². The molecule has 1 aromatic carbocycles. The maximum absolute atomic E-state index is 3.79. The highest BCUT2D eigenvalue weighted by atomic mass is 15.2. The van der Waals surface area contributed by atoms with Crippen LogP contribution in [-0.2, 0) is 0 Å². The third-order valence-electron chi connectivity index (χ3n) is 4.46. The molecule has 21 heavy (non-hydrogen) atoms. The number of benzene rings is 1. The largest absolute Gasteiger partial charge is 0.308 e. The Bertz CT molecular complexity index is 413. The van der Waals surface area contributed by atoms with Gasteiger partial charge in [-0.05, 0) is 59.3 Å². The standard InChI is InChI=1S/C19H34N2/c1-8-11-20-18(19(6,7)21(9-2)10-3)17-13-15(4)12-16(5)14-17/h12-14,18,20H,8-11H2,1-7H3. The monoisotopic (exact) mass is 290 g/mol. The van der Waals surface area contributed by atoms with E-state index < -0.39 is 0 Å². The summed E-state index contributed by atoms with van der Waals surface area (Å²) < 4.78 is 0. The van der Waals surface area contributed by atoms with E-state index in [2.05, 4.69) is 76.9 Å². The molecule has 0 spiro atoms. The van der Waals surface area contributed by atoms with Crippen molar-refractivity contribution in [2.45, 2.75) is 66.5 Å². The van der Waals surface area contributed by atoms with Gasteiger partial charge in [-0.1, -0.05) is 50.1 Å². The van der Waals surface area contributed by atoms with Gasteiger partial charge < -0.3 is 5.32 Å². The van der Waals surface area contributed by atoms with E-state index >= 15 is 0 Å². The summed E-state index contributed by atoms with van der Waals surface area (Å²) in [5.41, 5.74) is 4.21. The number of rotatable bonds is 8. The average molecular weight is 290 g/mol. The van der Waals surface area contributed by atoms with Crippen LogP contribution in [0.5, 0.6) is 0 Å². The van der Waals surface area contributed by atoms with E-state index in [0.29, 0.717) is 6.04 Å². The first-order valence-electron chi connectivity index (χ1n) is 8.43. The molecule has 0 fully saturated rings. The van der Waals surface area contributed by atoms with Crippen LogP contribution in [0.15, 0.2) is 18.2 Å². The van der Waals surface area contributed by atoms with E-state index in [-0.39, 0.29) is 5.54 Å². The Morgan fingerprint density at radius 1 is 1.00 bits per heavy atom. The second kappa shape index (κ2) is 7.95. The van der Waals surface area contributed by atoms with Crippen LogP contribution in [0.1, 0.15) is 63.8 Å². The van der Waals surface area contributed by atoms with E-state index in [0.717, 1.165) is 26.1 Å². The first-order chi connectivity index (χ1) is 9.86. The summed E-state index contributed by atoms with van der Waals surface area (Å²) in [6.45, 7) is 19.1. The van der Waals surface area contributed by atoms with Gasteiger partial charge in [0.05, 0.1) is 6.04 Å². The van der Waals surface area contributed by atoms with E-state index in [1.807, 2.05) is 0 Å². The molecule has 2 heteroatoms. The zero-order valence-corrected chi connectivity index (χ0v) is 15.1. The Morgan fingerprint density at radius 2 is 1.52 bits per heavy atom. The van der Waals surface area contributed by atoms with Crippen LogP contribution in [0, 0.1) is 13.8 Å². The van der Waals surface area contributed by atoms with Crippen molar-refractivity contribution in [2.75, 3.05) is 19.6 Å². The third kappa shape index (κ3) is 4.55. The first kappa shape index (κ1) is 18.2. The molecule has 2 nitrogen and oxygen atoms in total. The number of hydrogen-bond acceptors (Lipinski definition) is 2. The molecule has 1 N–H and O–H groups in total. The lowest BCUT2D eigenvalue weighted by Crippen LogP contribution is -2.52. The molecule has 0 aliphatic rings. The van der Waals surface area contributed by atoms with E-state index in [4.69, 9.17) is 0 Å². The molecule has 0 saturated carbocycles. The summed E-state index contributed by atoms with van der Waals surface area (Å²) in [5, 5.41) is 3.79. The summed E-state index contributed by atoms with van der Waals surface area (Å²) >= 11 is 0. The zero-order chi connectivity index (χ0) is 16.0. The third-order valence-corrected chi connectivity index (χ3v) is 4.46. The minimum absolute atomic E-state index is 0.0961. The Kier molecular flexibility index (Phi) is 6.89. The molecule has 1 atom stereocenters. The molecule has 0 bridgehead atoms. The number of likely N-dealkylation sites (N-methyl/N-ethyl adjacent to an activating group) is 1. The highest BCUT2D eigenvalue weighted by molar-refractivity contribution is 5.32. The van der Waals surface area contributed by atoms with Crippen molar-refractivity contribution in [3.63, 3.8) is 0 Å². The fraction of sp³-hybridized carbons (Fsp3) is 0.684. The molecule has 0 radical (unpaired) electrons. The summed E-state index contributed by atoms with van der Waals surface area (Å²) in [5.74, 6) is 0. The van der Waals surface area contributed by atoms with Gasteiger partial charge >= 0.3 is 0 Å². The quantitative estimate of drug-likeness (QED) is 0.760. The number of hydrogen-bond donors (Lipinski definition) is 1. The maximum atomic E-state index is 3.79. The van der Waals surface area contributed by atoms with E-state index in [1.54, 1.807) is 0 Å². The normalized spacial score (nSPS) is 13.7. The number of nitrogens with one attached hydrogen (secondary N) is 1. The van der Waals surface area contributed by atoms with Gasteiger partial charge in [0.2, 0.25) is 0 Å². The molecular weight excluding hydrogens is 256 g/mol. The Morgan fingerprint density at radius 3 is 1.95 bits per heavy atom. The zero-order valence-electron chi connectivity index (χ0n) is 15.1. The lowest BCUT2D eigenvalue weighted by Gasteiger charge is -2.44. The Hall–Kier alpha value is -0.860. The van der Waals surface area contributed by atoms with Gasteiger partial charge in [-0.2, -0.15) is 0 Å². The van der Waals surface area contributed by atoms with Gasteiger partial charge in [-0.3, -0.25) is 4.90 Å².